The van der Waals surface area contributed by atoms with Gasteiger partial charge in [0.15, 0.2) is 0 Å². The molecule has 23 heavy (non-hydrogen) atoms. The lowest BCUT2D eigenvalue weighted by Gasteiger charge is -2.29. The van der Waals surface area contributed by atoms with Crippen molar-refractivity contribution in [1.82, 2.24) is 15.5 Å². The molecule has 0 saturated carbocycles. The summed E-state index contributed by atoms with van der Waals surface area (Å²) in [5.74, 6) is 0.306. The molecule has 2 aliphatic heterocycles. The van der Waals surface area contributed by atoms with Crippen LogP contribution in [0, 0.1) is 0 Å². The SMILES string of the molecule is C=C1c2cc(Cl)c(OCC)cc2CN1CC1(C)NC(=O)NC1=O. The Hall–Kier alpha value is -2.21. The maximum atomic E-state index is 12.0. The Bertz CT molecular complexity index is 719. The number of imide groups is 1. The number of benzene rings is 1. The van der Waals surface area contributed by atoms with Crippen molar-refractivity contribution in [2.75, 3.05) is 13.2 Å². The molecule has 7 heteroatoms. The molecule has 0 aliphatic carbocycles. The summed E-state index contributed by atoms with van der Waals surface area (Å²) in [5.41, 5.74) is 1.78. The summed E-state index contributed by atoms with van der Waals surface area (Å²) >= 11 is 6.23. The Morgan fingerprint density at radius 3 is 2.78 bits per heavy atom. The highest BCUT2D eigenvalue weighted by molar-refractivity contribution is 6.32. The molecule has 0 aromatic heterocycles. The average molecular weight is 336 g/mol. The minimum atomic E-state index is -0.978. The van der Waals surface area contributed by atoms with Gasteiger partial charge in [0, 0.05) is 17.8 Å². The van der Waals surface area contributed by atoms with Crippen LogP contribution in [0.3, 0.4) is 0 Å². The fourth-order valence-electron chi connectivity index (χ4n) is 2.96. The maximum absolute atomic E-state index is 12.0. The minimum absolute atomic E-state index is 0.333. The fourth-order valence-corrected chi connectivity index (χ4v) is 3.17. The second-order valence-corrected chi connectivity index (χ2v) is 6.32. The van der Waals surface area contributed by atoms with Crippen LogP contribution >= 0.6 is 11.6 Å². The first kappa shape index (κ1) is 15.7. The highest BCUT2D eigenvalue weighted by Crippen LogP contribution is 2.38. The van der Waals surface area contributed by atoms with Gasteiger partial charge in [-0.3, -0.25) is 10.1 Å². The van der Waals surface area contributed by atoms with E-state index in [0.717, 1.165) is 16.8 Å². The smallest absolute Gasteiger partial charge is 0.322 e. The molecule has 1 unspecified atom stereocenters. The van der Waals surface area contributed by atoms with Crippen LogP contribution < -0.4 is 15.4 Å². The van der Waals surface area contributed by atoms with Crippen LogP contribution in [-0.4, -0.2) is 35.5 Å². The maximum Gasteiger partial charge on any atom is 0.322 e. The van der Waals surface area contributed by atoms with Gasteiger partial charge in [-0.25, -0.2) is 4.79 Å². The first-order valence-corrected chi connectivity index (χ1v) is 7.75. The quantitative estimate of drug-likeness (QED) is 0.827. The Balaban J connectivity index is 1.84. The predicted molar refractivity (Wildman–Crippen MR) is 87.1 cm³/mol. The second kappa shape index (κ2) is 5.45. The van der Waals surface area contributed by atoms with Crippen molar-refractivity contribution in [3.8, 4) is 5.75 Å². The summed E-state index contributed by atoms with van der Waals surface area (Å²) < 4.78 is 5.52. The number of carbonyl (C=O) groups excluding carboxylic acids is 2. The number of amides is 3. The normalized spacial score (nSPS) is 22.9. The summed E-state index contributed by atoms with van der Waals surface area (Å²) in [4.78, 5) is 25.3. The molecule has 2 N–H and O–H groups in total. The van der Waals surface area contributed by atoms with Crippen LogP contribution in [0.5, 0.6) is 5.75 Å². The van der Waals surface area contributed by atoms with Crippen LogP contribution in [0.25, 0.3) is 5.70 Å². The van der Waals surface area contributed by atoms with E-state index in [-0.39, 0.29) is 5.91 Å². The molecule has 1 fully saturated rings. The number of hydrogen-bond acceptors (Lipinski definition) is 4. The predicted octanol–water partition coefficient (Wildman–Crippen LogP) is 2.12. The van der Waals surface area contributed by atoms with Crippen molar-refractivity contribution < 1.29 is 14.3 Å². The molecule has 1 aromatic rings. The van der Waals surface area contributed by atoms with E-state index in [1.807, 2.05) is 24.0 Å². The van der Waals surface area contributed by atoms with E-state index >= 15 is 0 Å². The Labute approximate surface area is 139 Å². The molecule has 122 valence electrons. The van der Waals surface area contributed by atoms with E-state index in [0.29, 0.717) is 30.5 Å². The highest BCUT2D eigenvalue weighted by atomic mass is 35.5. The van der Waals surface area contributed by atoms with E-state index in [4.69, 9.17) is 16.3 Å². The summed E-state index contributed by atoms with van der Waals surface area (Å²) in [6, 6.07) is 3.27. The molecule has 6 nitrogen and oxygen atoms in total. The van der Waals surface area contributed by atoms with E-state index < -0.39 is 11.6 Å². The molecule has 1 aromatic carbocycles. The van der Waals surface area contributed by atoms with Gasteiger partial charge in [-0.15, -0.1) is 0 Å². The number of halogens is 1. The van der Waals surface area contributed by atoms with Crippen LogP contribution in [-0.2, 0) is 11.3 Å². The molecule has 1 atom stereocenters. The number of nitrogens with zero attached hydrogens (tertiary/aromatic N) is 1. The number of carbonyl (C=O) groups is 2. The summed E-state index contributed by atoms with van der Waals surface area (Å²) in [6.45, 7) is 9.14. The van der Waals surface area contributed by atoms with E-state index in [2.05, 4.69) is 17.2 Å². The van der Waals surface area contributed by atoms with Gasteiger partial charge in [-0.2, -0.15) is 0 Å². The number of nitrogens with one attached hydrogen (secondary N) is 2. The fraction of sp³-hybridized carbons (Fsp3) is 0.375. The molecule has 0 spiro atoms. The van der Waals surface area contributed by atoms with Gasteiger partial charge in [0.1, 0.15) is 11.3 Å². The van der Waals surface area contributed by atoms with Gasteiger partial charge in [0.05, 0.1) is 18.2 Å². The molecule has 2 aliphatic rings. The summed E-state index contributed by atoms with van der Waals surface area (Å²) in [6.07, 6.45) is 0. The van der Waals surface area contributed by atoms with Gasteiger partial charge < -0.3 is 15.0 Å². The van der Waals surface area contributed by atoms with Crippen LogP contribution in [0.2, 0.25) is 5.02 Å². The number of ether oxygens (including phenoxy) is 1. The lowest BCUT2D eigenvalue weighted by molar-refractivity contribution is -0.123. The Kier molecular flexibility index (Phi) is 3.72. The zero-order chi connectivity index (χ0) is 16.8. The molecular formula is C16H18ClN3O3. The zero-order valence-electron chi connectivity index (χ0n) is 13.0. The van der Waals surface area contributed by atoms with Gasteiger partial charge >= 0.3 is 6.03 Å². The topological polar surface area (TPSA) is 70.7 Å². The molecular weight excluding hydrogens is 318 g/mol. The van der Waals surface area contributed by atoms with Gasteiger partial charge in [-0.1, -0.05) is 18.2 Å². The third-order valence-corrected chi connectivity index (χ3v) is 4.43. The third-order valence-electron chi connectivity index (χ3n) is 4.14. The van der Waals surface area contributed by atoms with Crippen molar-refractivity contribution in [3.05, 3.63) is 34.9 Å². The minimum Gasteiger partial charge on any atom is -0.492 e. The molecule has 1 saturated heterocycles. The van der Waals surface area contributed by atoms with Crippen LogP contribution in [0.4, 0.5) is 4.79 Å². The van der Waals surface area contributed by atoms with Crippen LogP contribution in [0.15, 0.2) is 18.7 Å². The number of fused-ring (bicyclic) bond motifs is 1. The van der Waals surface area contributed by atoms with Gasteiger partial charge in [-0.05, 0) is 31.5 Å². The van der Waals surface area contributed by atoms with Crippen molar-refractivity contribution in [2.45, 2.75) is 25.9 Å². The highest BCUT2D eigenvalue weighted by Gasteiger charge is 2.44. The van der Waals surface area contributed by atoms with E-state index in [1.54, 1.807) is 6.92 Å². The molecule has 2 heterocycles. The second-order valence-electron chi connectivity index (χ2n) is 5.92. The van der Waals surface area contributed by atoms with Gasteiger partial charge in [0.2, 0.25) is 0 Å². The van der Waals surface area contributed by atoms with Crippen LogP contribution in [0.1, 0.15) is 25.0 Å². The zero-order valence-corrected chi connectivity index (χ0v) is 13.8. The molecule has 0 bridgehead atoms. The molecule has 3 amide bonds. The van der Waals surface area contributed by atoms with Gasteiger partial charge in [0.25, 0.3) is 5.91 Å². The Morgan fingerprint density at radius 1 is 1.43 bits per heavy atom. The van der Waals surface area contributed by atoms with E-state index in [1.165, 1.54) is 0 Å². The van der Waals surface area contributed by atoms with Crippen molar-refractivity contribution >= 4 is 29.2 Å². The first-order valence-electron chi connectivity index (χ1n) is 7.37. The number of hydrogen-bond donors (Lipinski definition) is 2. The summed E-state index contributed by atoms with van der Waals surface area (Å²) in [5, 5.41) is 5.46. The largest absolute Gasteiger partial charge is 0.492 e. The molecule has 3 rings (SSSR count). The Morgan fingerprint density at radius 2 is 2.17 bits per heavy atom. The standard InChI is InChI=1S/C16H18ClN3O3/c1-4-23-13-5-10-7-20(9(2)11(10)6-12(13)17)8-16(3)14(21)18-15(22)19-16/h5-6H,2,4,7-8H2,1,3H3,(H2,18,19,21,22). The third kappa shape index (κ3) is 2.63. The van der Waals surface area contributed by atoms with Crippen molar-refractivity contribution in [2.24, 2.45) is 0 Å². The number of rotatable bonds is 4. The number of urea groups is 1. The van der Waals surface area contributed by atoms with Crippen molar-refractivity contribution in [3.63, 3.8) is 0 Å². The lowest BCUT2D eigenvalue weighted by atomic mass is 10.0. The van der Waals surface area contributed by atoms with Crippen molar-refractivity contribution in [1.29, 1.82) is 0 Å². The lowest BCUT2D eigenvalue weighted by Crippen LogP contribution is -2.51. The van der Waals surface area contributed by atoms with E-state index in [9.17, 15) is 9.59 Å². The summed E-state index contributed by atoms with van der Waals surface area (Å²) in [7, 11) is 0. The first-order chi connectivity index (χ1) is 10.8. The molecule has 0 radical (unpaired) electrons. The average Bonchev–Trinajstić information content (AvgIpc) is 2.89. The monoisotopic (exact) mass is 335 g/mol.